The lowest BCUT2D eigenvalue weighted by Crippen LogP contribution is -2.30. The molecule has 0 amide bonds. The number of nitrogens with zero attached hydrogens (tertiary/aromatic N) is 2. The Kier molecular flexibility index (Phi) is 3.52. The number of nitrogens with one attached hydrogen (secondary N) is 1. The van der Waals surface area contributed by atoms with E-state index in [4.69, 9.17) is 11.1 Å². The third-order valence-corrected chi connectivity index (χ3v) is 3.45. The van der Waals surface area contributed by atoms with Crippen LogP contribution in [0.5, 0.6) is 0 Å². The lowest BCUT2D eigenvalue weighted by molar-refractivity contribution is 0.0481. The molecule has 0 saturated carbocycles. The number of pyridine rings is 1. The fourth-order valence-corrected chi connectivity index (χ4v) is 2.36. The van der Waals surface area contributed by atoms with Crippen LogP contribution in [0, 0.1) is 5.41 Å². The summed E-state index contributed by atoms with van der Waals surface area (Å²) in [4.78, 5) is 6.32. The third-order valence-electron chi connectivity index (χ3n) is 3.45. The van der Waals surface area contributed by atoms with Gasteiger partial charge in [0.15, 0.2) is 0 Å². The molecular formula is C13H20N4O. The quantitative estimate of drug-likeness (QED) is 0.540. The minimum atomic E-state index is -0.590. The van der Waals surface area contributed by atoms with Crippen LogP contribution in [0.2, 0.25) is 0 Å². The summed E-state index contributed by atoms with van der Waals surface area (Å²) in [6.45, 7) is 3.51. The molecule has 1 aliphatic rings. The fourth-order valence-electron chi connectivity index (χ4n) is 2.36. The molecular weight excluding hydrogens is 228 g/mol. The molecule has 1 atom stereocenters. The van der Waals surface area contributed by atoms with Crippen LogP contribution in [-0.4, -0.2) is 34.6 Å². The lowest BCUT2D eigenvalue weighted by atomic mass is 9.98. The molecule has 18 heavy (non-hydrogen) atoms. The second-order valence-corrected chi connectivity index (χ2v) is 5.12. The molecule has 0 radical (unpaired) electrons. The SMILES string of the molecule is CC1(O)CCCN(c2cccnc2C(=N)N)CC1. The van der Waals surface area contributed by atoms with Crippen LogP contribution in [0.3, 0.4) is 0 Å². The zero-order chi connectivity index (χ0) is 13.2. The Morgan fingerprint density at radius 3 is 3.00 bits per heavy atom. The first-order valence-corrected chi connectivity index (χ1v) is 6.26. The molecule has 5 nitrogen and oxygen atoms in total. The molecule has 1 saturated heterocycles. The highest BCUT2D eigenvalue weighted by Gasteiger charge is 2.26. The van der Waals surface area contributed by atoms with Crippen LogP contribution in [-0.2, 0) is 0 Å². The first-order chi connectivity index (χ1) is 8.49. The van der Waals surface area contributed by atoms with E-state index in [0.717, 1.165) is 38.0 Å². The van der Waals surface area contributed by atoms with Crippen molar-refractivity contribution in [1.82, 2.24) is 4.98 Å². The summed E-state index contributed by atoms with van der Waals surface area (Å²) in [7, 11) is 0. The molecule has 0 aromatic carbocycles. The predicted octanol–water partition coefficient (Wildman–Crippen LogP) is 1.11. The number of nitrogen functional groups attached to an aromatic ring is 1. The summed E-state index contributed by atoms with van der Waals surface area (Å²) in [6, 6.07) is 3.79. The van der Waals surface area contributed by atoms with Gasteiger partial charge in [-0.2, -0.15) is 0 Å². The van der Waals surface area contributed by atoms with Gasteiger partial charge in [-0.05, 0) is 38.3 Å². The van der Waals surface area contributed by atoms with Gasteiger partial charge in [0, 0.05) is 19.3 Å². The molecule has 98 valence electrons. The Morgan fingerprint density at radius 2 is 2.28 bits per heavy atom. The van der Waals surface area contributed by atoms with Crippen molar-refractivity contribution in [2.75, 3.05) is 18.0 Å². The van der Waals surface area contributed by atoms with Crippen molar-refractivity contribution in [2.45, 2.75) is 31.8 Å². The summed E-state index contributed by atoms with van der Waals surface area (Å²) in [5.41, 5.74) is 6.39. The monoisotopic (exact) mass is 248 g/mol. The fraction of sp³-hybridized carbons (Fsp3) is 0.538. The van der Waals surface area contributed by atoms with E-state index in [9.17, 15) is 5.11 Å². The number of hydrogen-bond donors (Lipinski definition) is 3. The normalized spacial score (nSPS) is 24.7. The van der Waals surface area contributed by atoms with E-state index in [2.05, 4.69) is 9.88 Å². The number of nitrogens with two attached hydrogens (primary N) is 1. The minimum Gasteiger partial charge on any atom is -0.390 e. The topological polar surface area (TPSA) is 86.2 Å². The number of aliphatic hydroxyl groups is 1. The Bertz CT molecular complexity index is 444. The molecule has 1 fully saturated rings. The summed E-state index contributed by atoms with van der Waals surface area (Å²) in [6.07, 6.45) is 4.10. The van der Waals surface area contributed by atoms with Gasteiger partial charge in [-0.3, -0.25) is 10.4 Å². The van der Waals surface area contributed by atoms with E-state index in [1.165, 1.54) is 0 Å². The number of amidine groups is 1. The zero-order valence-electron chi connectivity index (χ0n) is 10.7. The highest BCUT2D eigenvalue weighted by molar-refractivity contribution is 5.98. The van der Waals surface area contributed by atoms with E-state index < -0.39 is 5.60 Å². The smallest absolute Gasteiger partial charge is 0.143 e. The number of hydrogen-bond acceptors (Lipinski definition) is 4. The van der Waals surface area contributed by atoms with Crippen LogP contribution < -0.4 is 10.6 Å². The lowest BCUT2D eigenvalue weighted by Gasteiger charge is -2.25. The molecule has 1 aromatic heterocycles. The highest BCUT2D eigenvalue weighted by atomic mass is 16.3. The van der Waals surface area contributed by atoms with Gasteiger partial charge in [-0.25, -0.2) is 0 Å². The van der Waals surface area contributed by atoms with Crippen LogP contribution >= 0.6 is 0 Å². The Hall–Kier alpha value is -1.62. The van der Waals surface area contributed by atoms with Crippen LogP contribution in [0.4, 0.5) is 5.69 Å². The summed E-state index contributed by atoms with van der Waals surface area (Å²) in [5, 5.41) is 17.7. The molecule has 1 aromatic rings. The van der Waals surface area contributed by atoms with Crippen LogP contribution in [0.25, 0.3) is 0 Å². The maximum Gasteiger partial charge on any atom is 0.143 e. The molecule has 2 rings (SSSR count). The third kappa shape index (κ3) is 2.79. The van der Waals surface area contributed by atoms with Gasteiger partial charge in [0.25, 0.3) is 0 Å². The van der Waals surface area contributed by atoms with Gasteiger partial charge in [0.05, 0.1) is 11.3 Å². The number of aromatic nitrogens is 1. The average Bonchev–Trinajstić information content (AvgIpc) is 2.50. The van der Waals surface area contributed by atoms with Crippen LogP contribution in [0.1, 0.15) is 31.9 Å². The molecule has 2 heterocycles. The predicted molar refractivity (Wildman–Crippen MR) is 71.9 cm³/mol. The van der Waals surface area contributed by atoms with E-state index in [0.29, 0.717) is 5.69 Å². The Morgan fingerprint density at radius 1 is 1.50 bits per heavy atom. The second kappa shape index (κ2) is 4.94. The number of rotatable bonds is 2. The zero-order valence-corrected chi connectivity index (χ0v) is 10.7. The van der Waals surface area contributed by atoms with Crippen molar-refractivity contribution in [1.29, 1.82) is 5.41 Å². The van der Waals surface area contributed by atoms with Crippen molar-refractivity contribution in [3.63, 3.8) is 0 Å². The van der Waals surface area contributed by atoms with Gasteiger partial charge < -0.3 is 15.7 Å². The van der Waals surface area contributed by atoms with Crippen LogP contribution in [0.15, 0.2) is 18.3 Å². The van der Waals surface area contributed by atoms with E-state index in [1.54, 1.807) is 6.20 Å². The standard InChI is InChI=1S/C13H20N4O/c1-13(18)5-3-8-17(9-6-13)10-4-2-7-16-11(10)12(14)15/h2,4,7,18H,3,5-6,8-9H2,1H3,(H3,14,15). The van der Waals surface area contributed by atoms with Crippen molar-refractivity contribution in [2.24, 2.45) is 5.73 Å². The van der Waals surface area contributed by atoms with Crippen molar-refractivity contribution < 1.29 is 5.11 Å². The van der Waals surface area contributed by atoms with Gasteiger partial charge in [0.1, 0.15) is 11.5 Å². The van der Waals surface area contributed by atoms with E-state index in [1.807, 2.05) is 19.1 Å². The van der Waals surface area contributed by atoms with Crippen molar-refractivity contribution in [3.05, 3.63) is 24.0 Å². The van der Waals surface area contributed by atoms with Crippen molar-refractivity contribution in [3.8, 4) is 0 Å². The van der Waals surface area contributed by atoms with Gasteiger partial charge in [0.2, 0.25) is 0 Å². The molecule has 0 bridgehead atoms. The Labute approximate surface area is 107 Å². The Balaban J connectivity index is 2.24. The van der Waals surface area contributed by atoms with Gasteiger partial charge in [-0.1, -0.05) is 0 Å². The highest BCUT2D eigenvalue weighted by Crippen LogP contribution is 2.26. The largest absolute Gasteiger partial charge is 0.390 e. The number of anilines is 1. The molecule has 4 N–H and O–H groups in total. The van der Waals surface area contributed by atoms with Gasteiger partial charge >= 0.3 is 0 Å². The van der Waals surface area contributed by atoms with E-state index >= 15 is 0 Å². The first kappa shape index (κ1) is 12.8. The average molecular weight is 248 g/mol. The summed E-state index contributed by atoms with van der Waals surface area (Å²) in [5.74, 6) is -0.0124. The second-order valence-electron chi connectivity index (χ2n) is 5.12. The maximum atomic E-state index is 10.1. The van der Waals surface area contributed by atoms with Crippen molar-refractivity contribution >= 4 is 11.5 Å². The first-order valence-electron chi connectivity index (χ1n) is 6.26. The molecule has 5 heteroatoms. The molecule has 0 spiro atoms. The molecule has 1 aliphatic heterocycles. The maximum absolute atomic E-state index is 10.1. The van der Waals surface area contributed by atoms with Gasteiger partial charge in [-0.15, -0.1) is 0 Å². The molecule has 1 unspecified atom stereocenters. The minimum absolute atomic E-state index is 0.0124. The molecule has 0 aliphatic carbocycles. The summed E-state index contributed by atoms with van der Waals surface area (Å²) < 4.78 is 0. The summed E-state index contributed by atoms with van der Waals surface area (Å²) >= 11 is 0. The van der Waals surface area contributed by atoms with E-state index in [-0.39, 0.29) is 5.84 Å².